The maximum atomic E-state index is 9.78. The van der Waals surface area contributed by atoms with Gasteiger partial charge in [-0.15, -0.1) is 0 Å². The van der Waals surface area contributed by atoms with Gasteiger partial charge in [0.15, 0.2) is 0 Å². The van der Waals surface area contributed by atoms with Crippen LogP contribution < -0.4 is 0 Å². The van der Waals surface area contributed by atoms with E-state index in [0.717, 1.165) is 6.42 Å². The summed E-state index contributed by atoms with van der Waals surface area (Å²) in [7, 11) is 0. The monoisotopic (exact) mass is 117 g/mol. The minimum Gasteiger partial charge on any atom is -0.286 e. The van der Waals surface area contributed by atoms with E-state index in [0.29, 0.717) is 11.5 Å². The topological polar surface area (TPSA) is 40.5 Å². The van der Waals surface area contributed by atoms with E-state index in [9.17, 15) is 4.79 Å². The summed E-state index contributed by atoms with van der Waals surface area (Å²) >= 11 is 0. The summed E-state index contributed by atoms with van der Waals surface area (Å²) in [5, 5.41) is 9.26. The Bertz CT molecular complexity index is 74.8. The van der Waals surface area contributed by atoms with Crippen molar-refractivity contribution in [1.82, 2.24) is 5.06 Å². The third-order valence-electron chi connectivity index (χ3n) is 1.15. The molecular formula is C5H11NO2. The molecule has 0 aromatic carbocycles. The Morgan fingerprint density at radius 1 is 1.88 bits per heavy atom. The van der Waals surface area contributed by atoms with E-state index >= 15 is 0 Å². The molecule has 0 heterocycles. The van der Waals surface area contributed by atoms with Crippen molar-refractivity contribution in [3.63, 3.8) is 0 Å². The summed E-state index contributed by atoms with van der Waals surface area (Å²) in [5.41, 5.74) is 0. The number of amides is 1. The number of hydroxylamine groups is 2. The van der Waals surface area contributed by atoms with Crippen molar-refractivity contribution in [1.29, 1.82) is 0 Å². The van der Waals surface area contributed by atoms with Gasteiger partial charge in [-0.1, -0.05) is 6.92 Å². The molecule has 0 aliphatic carbocycles. The molecule has 0 saturated heterocycles. The van der Waals surface area contributed by atoms with Crippen LogP contribution in [0.5, 0.6) is 0 Å². The van der Waals surface area contributed by atoms with Gasteiger partial charge in [-0.25, -0.2) is 5.06 Å². The fourth-order valence-electron chi connectivity index (χ4n) is 0.291. The number of carbonyl (C=O) groups excluding carboxylic acids is 1. The SMILES string of the molecule is CCC(C)N(O)C=O. The molecular weight excluding hydrogens is 106 g/mol. The molecule has 1 unspecified atom stereocenters. The molecule has 48 valence electrons. The molecule has 1 atom stereocenters. The first-order valence-electron chi connectivity index (χ1n) is 2.64. The molecule has 0 aromatic heterocycles. The molecule has 0 aliphatic rings. The van der Waals surface area contributed by atoms with Crippen LogP contribution in [0.2, 0.25) is 0 Å². The van der Waals surface area contributed by atoms with Crippen molar-refractivity contribution in [3.05, 3.63) is 0 Å². The standard InChI is InChI=1S/C5H11NO2/c1-3-5(2)6(8)4-7/h4-5,8H,3H2,1-2H3. The number of hydrogen-bond acceptors (Lipinski definition) is 2. The quantitative estimate of drug-likeness (QED) is 0.334. The van der Waals surface area contributed by atoms with Crippen LogP contribution in [0.1, 0.15) is 20.3 Å². The first-order valence-corrected chi connectivity index (χ1v) is 2.64. The Balaban J connectivity index is 3.44. The van der Waals surface area contributed by atoms with Crippen molar-refractivity contribution in [2.75, 3.05) is 0 Å². The third-order valence-corrected chi connectivity index (χ3v) is 1.15. The van der Waals surface area contributed by atoms with Crippen LogP contribution in [0.15, 0.2) is 0 Å². The highest BCUT2D eigenvalue weighted by Crippen LogP contribution is 1.94. The molecule has 0 bridgehead atoms. The van der Waals surface area contributed by atoms with Crippen molar-refractivity contribution < 1.29 is 10.0 Å². The van der Waals surface area contributed by atoms with Gasteiger partial charge in [-0.2, -0.15) is 0 Å². The van der Waals surface area contributed by atoms with Gasteiger partial charge >= 0.3 is 0 Å². The molecule has 3 heteroatoms. The minimum absolute atomic E-state index is 0.0625. The van der Waals surface area contributed by atoms with Gasteiger partial charge in [0.1, 0.15) is 0 Å². The normalized spacial score (nSPS) is 12.9. The Kier molecular flexibility index (Phi) is 3.19. The van der Waals surface area contributed by atoms with Crippen molar-refractivity contribution in [2.45, 2.75) is 26.3 Å². The molecule has 8 heavy (non-hydrogen) atoms. The van der Waals surface area contributed by atoms with Gasteiger partial charge in [0.05, 0.1) is 6.04 Å². The second-order valence-electron chi connectivity index (χ2n) is 1.74. The Morgan fingerprint density at radius 2 is 2.38 bits per heavy atom. The zero-order valence-corrected chi connectivity index (χ0v) is 5.16. The van der Waals surface area contributed by atoms with Crippen LogP contribution >= 0.6 is 0 Å². The molecule has 0 rings (SSSR count). The second kappa shape index (κ2) is 3.43. The van der Waals surface area contributed by atoms with Gasteiger partial charge in [0.25, 0.3) is 0 Å². The van der Waals surface area contributed by atoms with Crippen molar-refractivity contribution >= 4 is 6.41 Å². The molecule has 1 N–H and O–H groups in total. The number of nitrogens with zero attached hydrogens (tertiary/aromatic N) is 1. The van der Waals surface area contributed by atoms with E-state index in [1.807, 2.05) is 6.92 Å². The lowest BCUT2D eigenvalue weighted by Gasteiger charge is -2.14. The zero-order chi connectivity index (χ0) is 6.57. The average molecular weight is 117 g/mol. The van der Waals surface area contributed by atoms with Crippen LogP contribution in [-0.4, -0.2) is 22.7 Å². The van der Waals surface area contributed by atoms with Gasteiger partial charge in [0.2, 0.25) is 6.41 Å². The largest absolute Gasteiger partial charge is 0.286 e. The zero-order valence-electron chi connectivity index (χ0n) is 5.16. The minimum atomic E-state index is -0.0625. The van der Waals surface area contributed by atoms with E-state index in [-0.39, 0.29) is 6.04 Å². The molecule has 1 amide bonds. The fraction of sp³-hybridized carbons (Fsp3) is 0.800. The molecule has 3 nitrogen and oxygen atoms in total. The fourth-order valence-corrected chi connectivity index (χ4v) is 0.291. The van der Waals surface area contributed by atoms with Gasteiger partial charge in [-0.05, 0) is 13.3 Å². The summed E-state index contributed by atoms with van der Waals surface area (Å²) < 4.78 is 0. The van der Waals surface area contributed by atoms with Crippen molar-refractivity contribution in [2.24, 2.45) is 0 Å². The van der Waals surface area contributed by atoms with Crippen LogP contribution in [0.25, 0.3) is 0 Å². The lowest BCUT2D eigenvalue weighted by Crippen LogP contribution is -2.27. The molecule has 0 saturated carbocycles. The maximum Gasteiger partial charge on any atom is 0.233 e. The lowest BCUT2D eigenvalue weighted by molar-refractivity contribution is -0.158. The van der Waals surface area contributed by atoms with E-state index in [4.69, 9.17) is 5.21 Å². The van der Waals surface area contributed by atoms with Crippen LogP contribution in [-0.2, 0) is 4.79 Å². The summed E-state index contributed by atoms with van der Waals surface area (Å²) in [6.45, 7) is 3.67. The van der Waals surface area contributed by atoms with E-state index in [1.165, 1.54) is 0 Å². The van der Waals surface area contributed by atoms with E-state index in [2.05, 4.69) is 0 Å². The molecule has 0 radical (unpaired) electrons. The summed E-state index contributed by atoms with van der Waals surface area (Å²) in [6.07, 6.45) is 1.18. The summed E-state index contributed by atoms with van der Waals surface area (Å²) in [6, 6.07) is -0.0625. The smallest absolute Gasteiger partial charge is 0.233 e. The number of rotatable bonds is 3. The van der Waals surface area contributed by atoms with E-state index in [1.54, 1.807) is 6.92 Å². The Morgan fingerprint density at radius 3 is 2.50 bits per heavy atom. The van der Waals surface area contributed by atoms with Crippen molar-refractivity contribution in [3.8, 4) is 0 Å². The molecule has 0 fully saturated rings. The van der Waals surface area contributed by atoms with Gasteiger partial charge in [0, 0.05) is 0 Å². The van der Waals surface area contributed by atoms with Gasteiger partial charge < -0.3 is 0 Å². The first-order chi connectivity index (χ1) is 3.72. The Labute approximate surface area is 48.9 Å². The predicted octanol–water partition coefficient (Wildman–Crippen LogP) is 0.632. The van der Waals surface area contributed by atoms with Crippen LogP contribution in [0.4, 0.5) is 0 Å². The number of carbonyl (C=O) groups is 1. The lowest BCUT2D eigenvalue weighted by atomic mass is 10.3. The highest BCUT2D eigenvalue weighted by Gasteiger charge is 2.03. The highest BCUT2D eigenvalue weighted by molar-refractivity contribution is 5.45. The predicted molar refractivity (Wildman–Crippen MR) is 29.4 cm³/mol. The maximum absolute atomic E-state index is 9.78. The first kappa shape index (κ1) is 7.43. The molecule has 0 spiro atoms. The highest BCUT2D eigenvalue weighted by atomic mass is 16.5. The van der Waals surface area contributed by atoms with Crippen LogP contribution in [0.3, 0.4) is 0 Å². The average Bonchev–Trinajstić information content (AvgIpc) is 1.84. The second-order valence-corrected chi connectivity index (χ2v) is 1.74. The van der Waals surface area contributed by atoms with Gasteiger partial charge in [-0.3, -0.25) is 10.0 Å². The molecule has 0 aliphatic heterocycles. The Hall–Kier alpha value is -0.570. The number of hydrogen-bond donors (Lipinski definition) is 1. The van der Waals surface area contributed by atoms with E-state index < -0.39 is 0 Å². The summed E-state index contributed by atoms with van der Waals surface area (Å²) in [4.78, 5) is 9.78. The summed E-state index contributed by atoms with van der Waals surface area (Å²) in [5.74, 6) is 0. The van der Waals surface area contributed by atoms with Crippen LogP contribution in [0, 0.1) is 0 Å². The third kappa shape index (κ3) is 1.93. The molecule has 0 aromatic rings.